The summed E-state index contributed by atoms with van der Waals surface area (Å²) in [6, 6.07) is 21.8. The fourth-order valence-corrected chi connectivity index (χ4v) is 4.74. The molecule has 3 rings (SSSR count). The summed E-state index contributed by atoms with van der Waals surface area (Å²) in [5.74, 6) is 0.669. The molecule has 0 atom stereocenters. The third-order valence-corrected chi connectivity index (χ3v) is 6.48. The summed E-state index contributed by atoms with van der Waals surface area (Å²) in [6.45, 7) is 2.53. The minimum absolute atomic E-state index is 0.0298. The molecule has 0 amide bonds. The lowest BCUT2D eigenvalue weighted by atomic mass is 10.1. The number of nitrogens with zero attached hydrogens (tertiary/aromatic N) is 3. The Balaban J connectivity index is 1.99. The van der Waals surface area contributed by atoms with E-state index >= 15 is 0 Å². The van der Waals surface area contributed by atoms with Crippen molar-refractivity contribution in [1.82, 2.24) is 4.57 Å². The van der Waals surface area contributed by atoms with Gasteiger partial charge in [-0.2, -0.15) is 10.5 Å². The average molecular weight is 418 g/mol. The van der Waals surface area contributed by atoms with Crippen molar-refractivity contribution >= 4 is 34.7 Å². The van der Waals surface area contributed by atoms with E-state index in [4.69, 9.17) is 0 Å². The number of nitriles is 2. The molecule has 0 saturated heterocycles. The third kappa shape index (κ3) is 5.06. The lowest BCUT2D eigenvalue weighted by Gasteiger charge is -2.03. The maximum atomic E-state index is 13.0. The highest BCUT2D eigenvalue weighted by Gasteiger charge is 2.09. The zero-order valence-electron chi connectivity index (χ0n) is 16.0. The number of thiazole rings is 1. The highest BCUT2D eigenvalue weighted by molar-refractivity contribution is 7.99. The molecule has 1 heterocycles. The monoisotopic (exact) mass is 417 g/mol. The van der Waals surface area contributed by atoms with Gasteiger partial charge in [0.05, 0.1) is 4.53 Å². The third-order valence-electron chi connectivity index (χ3n) is 4.36. The minimum atomic E-state index is -0.166. The second kappa shape index (κ2) is 9.93. The second-order valence-electron chi connectivity index (χ2n) is 6.23. The van der Waals surface area contributed by atoms with Crippen LogP contribution in [0, 0.1) is 22.7 Å². The maximum Gasteiger partial charge on any atom is 0.269 e. The first-order valence-corrected chi connectivity index (χ1v) is 11.0. The topological polar surface area (TPSA) is 69.6 Å². The van der Waals surface area contributed by atoms with Crippen LogP contribution >= 0.6 is 23.1 Å². The van der Waals surface area contributed by atoms with E-state index < -0.39 is 0 Å². The Hall–Kier alpha value is -3.06. The predicted molar refractivity (Wildman–Crippen MR) is 119 cm³/mol. The van der Waals surface area contributed by atoms with E-state index in [2.05, 4.69) is 6.92 Å². The smallest absolute Gasteiger partial charge is 0.269 e. The number of rotatable bonds is 6. The van der Waals surface area contributed by atoms with Gasteiger partial charge in [0.2, 0.25) is 0 Å². The second-order valence-corrected chi connectivity index (χ2v) is 8.43. The molecule has 0 radical (unpaired) electrons. The Kier molecular flexibility index (Phi) is 7.08. The van der Waals surface area contributed by atoms with Crippen LogP contribution in [0.4, 0.5) is 0 Å². The van der Waals surface area contributed by atoms with Crippen molar-refractivity contribution in [1.29, 1.82) is 10.5 Å². The number of hydrogen-bond donors (Lipinski definition) is 0. The SMILES string of the molecule is CCc1ccc(/C=c2\sc(=C(C#N)C#N)n(CCSc3ccccc3)c2=O)cc1. The van der Waals surface area contributed by atoms with Gasteiger partial charge in [0.25, 0.3) is 5.56 Å². The number of benzene rings is 2. The van der Waals surface area contributed by atoms with Gasteiger partial charge in [-0.05, 0) is 35.8 Å². The number of aromatic nitrogens is 1. The standard InChI is InChI=1S/C23H19N3OS2/c1-2-17-8-10-18(11-9-17)14-21-22(27)26(23(29-21)19(15-24)16-25)12-13-28-20-6-4-3-5-7-20/h3-11,14H,2,12-13H2,1H3/b21-14-. The van der Waals surface area contributed by atoms with Crippen LogP contribution in [-0.4, -0.2) is 10.3 Å². The van der Waals surface area contributed by atoms with Crippen molar-refractivity contribution < 1.29 is 0 Å². The maximum absolute atomic E-state index is 13.0. The first-order valence-electron chi connectivity index (χ1n) is 9.19. The fraction of sp³-hybridized carbons (Fsp3) is 0.174. The highest BCUT2D eigenvalue weighted by atomic mass is 32.2. The highest BCUT2D eigenvalue weighted by Crippen LogP contribution is 2.16. The summed E-state index contributed by atoms with van der Waals surface area (Å²) < 4.78 is 2.50. The first-order chi connectivity index (χ1) is 14.2. The normalized spacial score (nSPS) is 11.1. The summed E-state index contributed by atoms with van der Waals surface area (Å²) >= 11 is 2.83. The van der Waals surface area contributed by atoms with Crippen LogP contribution in [0.3, 0.4) is 0 Å². The molecule has 0 N–H and O–H groups in total. The largest absolute Gasteiger partial charge is 0.296 e. The molecule has 29 heavy (non-hydrogen) atoms. The van der Waals surface area contributed by atoms with E-state index in [9.17, 15) is 15.3 Å². The predicted octanol–water partition coefficient (Wildman–Crippen LogP) is 3.29. The molecule has 6 heteroatoms. The van der Waals surface area contributed by atoms with Crippen LogP contribution in [-0.2, 0) is 13.0 Å². The molecule has 144 valence electrons. The van der Waals surface area contributed by atoms with Gasteiger partial charge in [0.15, 0.2) is 5.57 Å². The van der Waals surface area contributed by atoms with Gasteiger partial charge < -0.3 is 0 Å². The summed E-state index contributed by atoms with van der Waals surface area (Å²) in [5, 5.41) is 18.6. The molecule has 0 unspecified atom stereocenters. The van der Waals surface area contributed by atoms with Gasteiger partial charge in [0.1, 0.15) is 16.8 Å². The molecule has 0 aliphatic carbocycles. The van der Waals surface area contributed by atoms with E-state index in [0.29, 0.717) is 21.5 Å². The van der Waals surface area contributed by atoms with Gasteiger partial charge in [-0.15, -0.1) is 23.1 Å². The molecule has 0 aliphatic rings. The summed E-state index contributed by atoms with van der Waals surface area (Å²) in [4.78, 5) is 14.1. The summed E-state index contributed by atoms with van der Waals surface area (Å²) in [7, 11) is 0. The van der Waals surface area contributed by atoms with E-state index in [0.717, 1.165) is 16.9 Å². The van der Waals surface area contributed by atoms with Crippen LogP contribution in [0.2, 0.25) is 0 Å². The zero-order chi connectivity index (χ0) is 20.6. The molecule has 4 nitrogen and oxygen atoms in total. The van der Waals surface area contributed by atoms with Crippen LogP contribution < -0.4 is 14.8 Å². The summed E-state index contributed by atoms with van der Waals surface area (Å²) in [5.41, 5.74) is 1.96. The van der Waals surface area contributed by atoms with Gasteiger partial charge in [-0.3, -0.25) is 9.36 Å². The summed E-state index contributed by atoms with van der Waals surface area (Å²) in [6.07, 6.45) is 2.78. The van der Waals surface area contributed by atoms with Crippen molar-refractivity contribution in [2.24, 2.45) is 0 Å². The van der Waals surface area contributed by atoms with Crippen LogP contribution in [0.25, 0.3) is 11.6 Å². The van der Waals surface area contributed by atoms with E-state index in [1.807, 2.05) is 72.8 Å². The molecule has 1 aromatic heterocycles. The van der Waals surface area contributed by atoms with Crippen molar-refractivity contribution in [3.63, 3.8) is 0 Å². The van der Waals surface area contributed by atoms with Crippen molar-refractivity contribution in [3.8, 4) is 12.1 Å². The molecule has 0 saturated carbocycles. The lowest BCUT2D eigenvalue weighted by Crippen LogP contribution is -2.32. The molecule has 0 spiro atoms. The molecular formula is C23H19N3OS2. The van der Waals surface area contributed by atoms with Gasteiger partial charge >= 0.3 is 0 Å². The van der Waals surface area contributed by atoms with Gasteiger partial charge in [-0.1, -0.05) is 49.4 Å². The Bertz CT molecular complexity index is 1230. The van der Waals surface area contributed by atoms with E-state index in [1.54, 1.807) is 16.3 Å². The van der Waals surface area contributed by atoms with E-state index in [-0.39, 0.29) is 11.1 Å². The number of thioether (sulfide) groups is 1. The average Bonchev–Trinajstić information content (AvgIpc) is 3.06. The molecule has 0 bridgehead atoms. The minimum Gasteiger partial charge on any atom is -0.296 e. The van der Waals surface area contributed by atoms with Crippen LogP contribution in [0.5, 0.6) is 0 Å². The van der Waals surface area contributed by atoms with Crippen molar-refractivity contribution in [2.75, 3.05) is 5.75 Å². The van der Waals surface area contributed by atoms with Crippen LogP contribution in [0.15, 0.2) is 64.3 Å². The van der Waals surface area contributed by atoms with Crippen molar-refractivity contribution in [3.05, 3.63) is 85.3 Å². The molecule has 2 aromatic carbocycles. The fourth-order valence-electron chi connectivity index (χ4n) is 2.80. The Morgan fingerprint density at radius 1 is 1.10 bits per heavy atom. The Morgan fingerprint density at radius 3 is 2.41 bits per heavy atom. The molecule has 0 aliphatic heterocycles. The lowest BCUT2D eigenvalue weighted by molar-refractivity contribution is 0.730. The quantitative estimate of drug-likeness (QED) is 0.577. The number of hydrogen-bond acceptors (Lipinski definition) is 5. The molecule has 0 fully saturated rings. The van der Waals surface area contributed by atoms with Gasteiger partial charge in [0, 0.05) is 17.2 Å². The zero-order valence-corrected chi connectivity index (χ0v) is 17.6. The molecule has 3 aromatic rings. The molecular weight excluding hydrogens is 398 g/mol. The number of aryl methyl sites for hydroxylation is 1. The van der Waals surface area contributed by atoms with Crippen molar-refractivity contribution in [2.45, 2.75) is 24.8 Å². The first kappa shape index (κ1) is 20.7. The van der Waals surface area contributed by atoms with Crippen LogP contribution in [0.1, 0.15) is 18.1 Å². The van der Waals surface area contributed by atoms with Gasteiger partial charge in [-0.25, -0.2) is 0 Å². The van der Waals surface area contributed by atoms with E-state index in [1.165, 1.54) is 16.9 Å². The Labute approximate surface area is 177 Å². The Morgan fingerprint density at radius 2 is 1.79 bits per heavy atom.